The van der Waals surface area contributed by atoms with Gasteiger partial charge in [0.25, 0.3) is 0 Å². The van der Waals surface area contributed by atoms with Gasteiger partial charge in [-0.3, -0.25) is 4.79 Å². The van der Waals surface area contributed by atoms with Crippen molar-refractivity contribution in [2.45, 2.75) is 26.3 Å². The van der Waals surface area contributed by atoms with Crippen LogP contribution in [0.4, 0.5) is 5.69 Å². The molecule has 3 rings (SSSR count). The van der Waals surface area contributed by atoms with Crippen molar-refractivity contribution >= 4 is 17.4 Å². The van der Waals surface area contributed by atoms with Crippen molar-refractivity contribution < 1.29 is 14.3 Å². The molecule has 0 aliphatic carbocycles. The SMILES string of the molecule is C=C.CCC(=O)Cc1cccc(C(=O)OC)c1NCc1ccc(-c2ccccc2C#N)cc1. The molecule has 5 heteroatoms. The van der Waals surface area contributed by atoms with Crippen molar-refractivity contribution in [3.63, 3.8) is 0 Å². The molecule has 168 valence electrons. The predicted octanol–water partition coefficient (Wildman–Crippen LogP) is 5.95. The number of carbonyl (C=O) groups excluding carboxylic acids is 2. The number of Topliss-reactive ketones (excluding diaryl/α,β-unsaturated/α-hetero) is 1. The van der Waals surface area contributed by atoms with Crippen LogP contribution in [0.5, 0.6) is 0 Å². The van der Waals surface area contributed by atoms with Crippen LogP contribution in [-0.4, -0.2) is 18.9 Å². The Morgan fingerprint density at radius 1 is 1.00 bits per heavy atom. The molecule has 0 aliphatic heterocycles. The van der Waals surface area contributed by atoms with Crippen molar-refractivity contribution in [1.29, 1.82) is 5.26 Å². The van der Waals surface area contributed by atoms with Gasteiger partial charge >= 0.3 is 5.97 Å². The molecule has 0 fully saturated rings. The minimum absolute atomic E-state index is 0.102. The first kappa shape index (κ1) is 25.1. The molecule has 33 heavy (non-hydrogen) atoms. The van der Waals surface area contributed by atoms with Crippen LogP contribution in [0.1, 0.15) is 40.4 Å². The molecule has 0 bridgehead atoms. The zero-order valence-corrected chi connectivity index (χ0v) is 19.1. The topological polar surface area (TPSA) is 79.2 Å². The summed E-state index contributed by atoms with van der Waals surface area (Å²) in [6.07, 6.45) is 0.696. The number of methoxy groups -OCH3 is 1. The van der Waals surface area contributed by atoms with E-state index in [4.69, 9.17) is 4.74 Å². The van der Waals surface area contributed by atoms with Crippen LogP contribution in [0.2, 0.25) is 0 Å². The molecule has 0 aliphatic rings. The Bertz CT molecular complexity index is 1140. The smallest absolute Gasteiger partial charge is 0.339 e. The van der Waals surface area contributed by atoms with E-state index in [2.05, 4.69) is 24.5 Å². The first-order valence-electron chi connectivity index (χ1n) is 10.6. The van der Waals surface area contributed by atoms with Gasteiger partial charge in [0.1, 0.15) is 5.78 Å². The van der Waals surface area contributed by atoms with Crippen LogP contribution in [-0.2, 0) is 22.5 Å². The van der Waals surface area contributed by atoms with Gasteiger partial charge in [-0.15, -0.1) is 13.2 Å². The minimum atomic E-state index is -0.447. The summed E-state index contributed by atoms with van der Waals surface area (Å²) < 4.78 is 4.91. The van der Waals surface area contributed by atoms with Gasteiger partial charge in [0.2, 0.25) is 0 Å². The maximum atomic E-state index is 12.2. The number of ketones is 1. The van der Waals surface area contributed by atoms with Gasteiger partial charge < -0.3 is 10.1 Å². The Labute approximate surface area is 195 Å². The van der Waals surface area contributed by atoms with Gasteiger partial charge in [-0.1, -0.05) is 61.5 Å². The summed E-state index contributed by atoms with van der Waals surface area (Å²) in [6.45, 7) is 8.30. The number of esters is 1. The van der Waals surface area contributed by atoms with Gasteiger partial charge in [-0.25, -0.2) is 4.79 Å². The number of ether oxygens (including phenoxy) is 1. The Morgan fingerprint density at radius 3 is 2.33 bits per heavy atom. The van der Waals surface area contributed by atoms with Crippen molar-refractivity contribution in [1.82, 2.24) is 0 Å². The number of hydrogen-bond donors (Lipinski definition) is 1. The highest BCUT2D eigenvalue weighted by Crippen LogP contribution is 2.26. The van der Waals surface area contributed by atoms with Crippen LogP contribution in [0.3, 0.4) is 0 Å². The van der Waals surface area contributed by atoms with Crippen LogP contribution in [0, 0.1) is 11.3 Å². The zero-order chi connectivity index (χ0) is 24.2. The van der Waals surface area contributed by atoms with Crippen LogP contribution < -0.4 is 5.32 Å². The molecule has 0 atom stereocenters. The number of para-hydroxylation sites is 1. The van der Waals surface area contributed by atoms with Gasteiger partial charge in [0.05, 0.1) is 30.0 Å². The number of nitrogens with one attached hydrogen (secondary N) is 1. The molecular formula is C28H28N2O3. The van der Waals surface area contributed by atoms with Crippen molar-refractivity contribution in [3.8, 4) is 17.2 Å². The standard InChI is InChI=1S/C26H24N2O3.C2H4/c1-3-22(29)15-20-8-6-10-24(26(30)31-2)25(20)28-17-18-11-13-19(14-12-18)23-9-5-4-7-21(23)16-27;1-2/h4-14,28H,3,15,17H2,1-2H3;1-2H2. The summed E-state index contributed by atoms with van der Waals surface area (Å²) in [4.78, 5) is 24.3. The van der Waals surface area contributed by atoms with Crippen LogP contribution in [0.15, 0.2) is 79.9 Å². The number of benzene rings is 3. The van der Waals surface area contributed by atoms with E-state index in [1.54, 1.807) is 18.2 Å². The molecule has 1 N–H and O–H groups in total. The third kappa shape index (κ3) is 6.41. The maximum Gasteiger partial charge on any atom is 0.339 e. The van der Waals surface area contributed by atoms with Gasteiger partial charge in [-0.05, 0) is 34.4 Å². The van der Waals surface area contributed by atoms with Gasteiger partial charge in [-0.2, -0.15) is 5.26 Å². The van der Waals surface area contributed by atoms with E-state index in [0.29, 0.717) is 29.8 Å². The summed E-state index contributed by atoms with van der Waals surface area (Å²) >= 11 is 0. The molecule has 3 aromatic carbocycles. The number of nitrogens with zero attached hydrogens (tertiary/aromatic N) is 1. The Hall–Kier alpha value is -4.17. The third-order valence-corrected chi connectivity index (χ3v) is 5.12. The third-order valence-electron chi connectivity index (χ3n) is 5.12. The summed E-state index contributed by atoms with van der Waals surface area (Å²) in [5, 5.41) is 12.6. The molecule has 0 saturated carbocycles. The first-order chi connectivity index (χ1) is 16.1. The summed E-state index contributed by atoms with van der Waals surface area (Å²) in [5.41, 5.74) is 5.29. The van der Waals surface area contributed by atoms with E-state index in [1.165, 1.54) is 7.11 Å². The second kappa shape index (κ2) is 12.6. The van der Waals surface area contributed by atoms with E-state index in [1.807, 2.05) is 55.5 Å². The van der Waals surface area contributed by atoms with E-state index >= 15 is 0 Å². The van der Waals surface area contributed by atoms with Crippen molar-refractivity contribution in [2.75, 3.05) is 12.4 Å². The van der Waals surface area contributed by atoms with Crippen LogP contribution >= 0.6 is 0 Å². The van der Waals surface area contributed by atoms with E-state index in [0.717, 1.165) is 22.3 Å². The summed E-state index contributed by atoms with van der Waals surface area (Å²) in [5.74, 6) is -0.345. The maximum absolute atomic E-state index is 12.2. The number of rotatable bonds is 8. The molecule has 0 radical (unpaired) electrons. The molecule has 0 aromatic heterocycles. The normalized spacial score (nSPS) is 9.73. The summed E-state index contributed by atoms with van der Waals surface area (Å²) in [6, 6.07) is 22.9. The van der Waals surface area contributed by atoms with E-state index in [9.17, 15) is 14.9 Å². The fraction of sp³-hybridized carbons (Fsp3) is 0.179. The van der Waals surface area contributed by atoms with Crippen molar-refractivity contribution in [2.24, 2.45) is 0 Å². The fourth-order valence-corrected chi connectivity index (χ4v) is 3.40. The van der Waals surface area contributed by atoms with Gasteiger partial charge in [0.15, 0.2) is 0 Å². The lowest BCUT2D eigenvalue weighted by atomic mass is 9.99. The summed E-state index contributed by atoms with van der Waals surface area (Å²) in [7, 11) is 1.34. The van der Waals surface area contributed by atoms with Crippen LogP contribution in [0.25, 0.3) is 11.1 Å². The number of nitriles is 1. The quantitative estimate of drug-likeness (QED) is 0.346. The van der Waals surface area contributed by atoms with E-state index < -0.39 is 5.97 Å². The Kier molecular flexibility index (Phi) is 9.60. The van der Waals surface area contributed by atoms with E-state index in [-0.39, 0.29) is 12.2 Å². The largest absolute Gasteiger partial charge is 0.465 e. The molecule has 3 aromatic rings. The zero-order valence-electron chi connectivity index (χ0n) is 19.1. The second-order valence-electron chi connectivity index (χ2n) is 7.11. The lowest BCUT2D eigenvalue weighted by molar-refractivity contribution is -0.118. The molecule has 0 spiro atoms. The number of hydrogen-bond acceptors (Lipinski definition) is 5. The number of carbonyl (C=O) groups is 2. The molecule has 0 heterocycles. The Morgan fingerprint density at radius 2 is 1.70 bits per heavy atom. The first-order valence-corrected chi connectivity index (χ1v) is 10.6. The molecule has 5 nitrogen and oxygen atoms in total. The molecule has 0 amide bonds. The fourth-order valence-electron chi connectivity index (χ4n) is 3.40. The van der Waals surface area contributed by atoms with Crippen molar-refractivity contribution in [3.05, 3.63) is 102 Å². The highest BCUT2D eigenvalue weighted by atomic mass is 16.5. The lowest BCUT2D eigenvalue weighted by Crippen LogP contribution is -2.12. The average Bonchev–Trinajstić information content (AvgIpc) is 2.88. The molecule has 0 saturated heterocycles. The molecular weight excluding hydrogens is 412 g/mol. The highest BCUT2D eigenvalue weighted by molar-refractivity contribution is 5.97. The number of anilines is 1. The monoisotopic (exact) mass is 440 g/mol. The minimum Gasteiger partial charge on any atom is -0.465 e. The highest BCUT2D eigenvalue weighted by Gasteiger charge is 2.17. The molecule has 0 unspecified atom stereocenters. The Balaban J connectivity index is 0.00000187. The predicted molar refractivity (Wildman–Crippen MR) is 132 cm³/mol. The van der Waals surface area contributed by atoms with Gasteiger partial charge in [0, 0.05) is 19.4 Å². The lowest BCUT2D eigenvalue weighted by Gasteiger charge is -2.16. The second-order valence-corrected chi connectivity index (χ2v) is 7.11. The average molecular weight is 441 g/mol.